The van der Waals surface area contributed by atoms with Gasteiger partial charge >= 0.3 is 0 Å². The molecule has 1 aliphatic carbocycles. The van der Waals surface area contributed by atoms with Crippen LogP contribution in [0.4, 0.5) is 0 Å². The lowest BCUT2D eigenvalue weighted by atomic mass is 9.81. The lowest BCUT2D eigenvalue weighted by molar-refractivity contribution is -0.133. The summed E-state index contributed by atoms with van der Waals surface area (Å²) < 4.78 is 5.25. The monoisotopic (exact) mass is 263 g/mol. The van der Waals surface area contributed by atoms with Crippen molar-refractivity contribution in [3.05, 3.63) is 29.3 Å². The molecule has 2 rings (SSSR count). The lowest BCUT2D eigenvalue weighted by Gasteiger charge is -2.25. The van der Waals surface area contributed by atoms with Crippen LogP contribution in [0, 0.1) is 0 Å². The highest BCUT2D eigenvalue weighted by atomic mass is 16.6. The minimum atomic E-state index is -0.0458. The highest BCUT2D eigenvalue weighted by Gasteiger charge is 2.23. The maximum Gasteiger partial charge on any atom is 0.244 e. The van der Waals surface area contributed by atoms with Gasteiger partial charge in [0.25, 0.3) is 0 Å². The average molecular weight is 263 g/mol. The number of benzene rings is 1. The van der Waals surface area contributed by atoms with Crippen molar-refractivity contribution in [3.8, 4) is 5.75 Å². The van der Waals surface area contributed by atoms with Crippen molar-refractivity contribution < 1.29 is 14.4 Å². The predicted molar refractivity (Wildman–Crippen MR) is 73.1 cm³/mol. The second kappa shape index (κ2) is 6.57. The Morgan fingerprint density at radius 3 is 3.05 bits per heavy atom. The summed E-state index contributed by atoms with van der Waals surface area (Å²) in [5, 5.41) is 0. The Labute approximate surface area is 114 Å². The molecular weight excluding hydrogens is 242 g/mol. The van der Waals surface area contributed by atoms with Crippen LogP contribution in [-0.4, -0.2) is 19.6 Å². The molecule has 1 atom stereocenters. The average Bonchev–Trinajstić information content (AvgIpc) is 2.44. The molecule has 0 unspecified atom stereocenters. The standard InChI is InChI=1S/C15H21NO3/c1-3-19-16-15(17)10-12-6-4-5-11-9-13(18-2)7-8-14(11)12/h7-9,12H,3-6,10H2,1-2H3,(H,16,17)/t12-/m1/s1. The van der Waals surface area contributed by atoms with Gasteiger partial charge in [0.2, 0.25) is 5.91 Å². The van der Waals surface area contributed by atoms with Crippen molar-refractivity contribution in [2.45, 2.75) is 38.5 Å². The molecule has 0 saturated carbocycles. The first-order valence-corrected chi connectivity index (χ1v) is 6.82. The molecule has 0 radical (unpaired) electrons. The summed E-state index contributed by atoms with van der Waals surface area (Å²) >= 11 is 0. The molecule has 4 heteroatoms. The van der Waals surface area contributed by atoms with E-state index in [-0.39, 0.29) is 11.8 Å². The van der Waals surface area contributed by atoms with Crippen LogP contribution in [-0.2, 0) is 16.1 Å². The number of hydrogen-bond donors (Lipinski definition) is 1. The van der Waals surface area contributed by atoms with Gasteiger partial charge < -0.3 is 4.74 Å². The van der Waals surface area contributed by atoms with E-state index in [0.717, 1.165) is 25.0 Å². The summed E-state index contributed by atoms with van der Waals surface area (Å²) in [4.78, 5) is 16.7. The minimum Gasteiger partial charge on any atom is -0.497 e. The Morgan fingerprint density at radius 1 is 1.47 bits per heavy atom. The third kappa shape index (κ3) is 3.47. The van der Waals surface area contributed by atoms with Gasteiger partial charge in [-0.3, -0.25) is 9.63 Å². The van der Waals surface area contributed by atoms with Crippen LogP contribution < -0.4 is 10.2 Å². The van der Waals surface area contributed by atoms with Crippen LogP contribution in [0.1, 0.15) is 43.2 Å². The molecule has 1 amide bonds. The van der Waals surface area contributed by atoms with E-state index in [1.807, 2.05) is 13.0 Å². The fourth-order valence-electron chi connectivity index (χ4n) is 2.65. The number of nitrogens with one attached hydrogen (secondary N) is 1. The Morgan fingerprint density at radius 2 is 2.32 bits per heavy atom. The van der Waals surface area contributed by atoms with E-state index >= 15 is 0 Å². The molecular formula is C15H21NO3. The van der Waals surface area contributed by atoms with Gasteiger partial charge in [0, 0.05) is 6.42 Å². The Kier molecular flexibility index (Phi) is 4.80. The summed E-state index contributed by atoms with van der Waals surface area (Å²) in [5.41, 5.74) is 5.05. The molecule has 1 aromatic rings. The second-order valence-electron chi connectivity index (χ2n) is 4.82. The first kappa shape index (κ1) is 13.9. The van der Waals surface area contributed by atoms with Gasteiger partial charge in [-0.15, -0.1) is 0 Å². The van der Waals surface area contributed by atoms with Crippen molar-refractivity contribution in [2.24, 2.45) is 0 Å². The van der Waals surface area contributed by atoms with Crippen LogP contribution >= 0.6 is 0 Å². The number of carbonyl (C=O) groups is 1. The molecule has 4 nitrogen and oxygen atoms in total. The first-order valence-electron chi connectivity index (χ1n) is 6.82. The molecule has 0 bridgehead atoms. The number of methoxy groups -OCH3 is 1. The Balaban J connectivity index is 2.07. The molecule has 0 saturated heterocycles. The smallest absolute Gasteiger partial charge is 0.244 e. The quantitative estimate of drug-likeness (QED) is 0.831. The number of ether oxygens (including phenoxy) is 1. The second-order valence-corrected chi connectivity index (χ2v) is 4.82. The van der Waals surface area contributed by atoms with E-state index in [1.54, 1.807) is 7.11 Å². The maximum absolute atomic E-state index is 11.7. The molecule has 1 aliphatic rings. The topological polar surface area (TPSA) is 47.6 Å². The van der Waals surface area contributed by atoms with E-state index in [0.29, 0.717) is 13.0 Å². The van der Waals surface area contributed by atoms with Crippen molar-refractivity contribution in [1.82, 2.24) is 5.48 Å². The number of fused-ring (bicyclic) bond motifs is 1. The molecule has 0 aromatic heterocycles. The van der Waals surface area contributed by atoms with Gasteiger partial charge in [0.1, 0.15) is 5.75 Å². The van der Waals surface area contributed by atoms with E-state index in [4.69, 9.17) is 9.57 Å². The summed E-state index contributed by atoms with van der Waals surface area (Å²) in [6.45, 7) is 2.34. The van der Waals surface area contributed by atoms with Gasteiger partial charge in [-0.2, -0.15) is 0 Å². The summed E-state index contributed by atoms with van der Waals surface area (Å²) in [6.07, 6.45) is 3.72. The number of amides is 1. The summed E-state index contributed by atoms with van der Waals surface area (Å²) in [6, 6.07) is 6.14. The van der Waals surface area contributed by atoms with Crippen LogP contribution in [0.25, 0.3) is 0 Å². The Hall–Kier alpha value is -1.55. The van der Waals surface area contributed by atoms with Gasteiger partial charge in [-0.1, -0.05) is 6.07 Å². The zero-order valence-electron chi connectivity index (χ0n) is 11.6. The predicted octanol–water partition coefficient (Wildman–Crippen LogP) is 2.57. The SMILES string of the molecule is CCONC(=O)C[C@H]1CCCc2cc(OC)ccc21. The van der Waals surface area contributed by atoms with Gasteiger partial charge in [-0.05, 0) is 55.4 Å². The minimum absolute atomic E-state index is 0.0458. The van der Waals surface area contributed by atoms with E-state index in [1.165, 1.54) is 11.1 Å². The van der Waals surface area contributed by atoms with Crippen LogP contribution in [0.3, 0.4) is 0 Å². The van der Waals surface area contributed by atoms with E-state index in [2.05, 4.69) is 17.6 Å². The van der Waals surface area contributed by atoms with Gasteiger partial charge in [0.15, 0.2) is 0 Å². The first-order chi connectivity index (χ1) is 9.24. The normalized spacial score (nSPS) is 17.7. The third-order valence-corrected chi connectivity index (χ3v) is 3.55. The molecule has 1 N–H and O–H groups in total. The third-order valence-electron chi connectivity index (χ3n) is 3.55. The highest BCUT2D eigenvalue weighted by Crippen LogP contribution is 2.35. The van der Waals surface area contributed by atoms with Crippen molar-refractivity contribution in [1.29, 1.82) is 0 Å². The number of aryl methyl sites for hydroxylation is 1. The van der Waals surface area contributed by atoms with Crippen molar-refractivity contribution >= 4 is 5.91 Å². The largest absolute Gasteiger partial charge is 0.497 e. The summed E-state index contributed by atoms with van der Waals surface area (Å²) in [5.74, 6) is 1.13. The summed E-state index contributed by atoms with van der Waals surface area (Å²) in [7, 11) is 1.68. The number of carbonyl (C=O) groups excluding carboxylic acids is 1. The molecule has 104 valence electrons. The van der Waals surface area contributed by atoms with E-state index in [9.17, 15) is 4.79 Å². The maximum atomic E-state index is 11.7. The van der Waals surface area contributed by atoms with Gasteiger partial charge in [-0.25, -0.2) is 5.48 Å². The number of hydrogen-bond acceptors (Lipinski definition) is 3. The van der Waals surface area contributed by atoms with Crippen LogP contribution in [0.15, 0.2) is 18.2 Å². The molecule has 0 spiro atoms. The molecule has 0 fully saturated rings. The highest BCUT2D eigenvalue weighted by molar-refractivity contribution is 5.76. The fraction of sp³-hybridized carbons (Fsp3) is 0.533. The van der Waals surface area contributed by atoms with Crippen molar-refractivity contribution in [3.63, 3.8) is 0 Å². The molecule has 0 aliphatic heterocycles. The van der Waals surface area contributed by atoms with E-state index < -0.39 is 0 Å². The lowest BCUT2D eigenvalue weighted by Crippen LogP contribution is -2.26. The molecule has 1 aromatic carbocycles. The fourth-order valence-corrected chi connectivity index (χ4v) is 2.65. The van der Waals surface area contributed by atoms with Crippen LogP contribution in [0.5, 0.6) is 5.75 Å². The van der Waals surface area contributed by atoms with Crippen LogP contribution in [0.2, 0.25) is 0 Å². The molecule has 0 heterocycles. The number of hydroxylamine groups is 1. The zero-order chi connectivity index (χ0) is 13.7. The zero-order valence-corrected chi connectivity index (χ0v) is 11.6. The van der Waals surface area contributed by atoms with Gasteiger partial charge in [0.05, 0.1) is 13.7 Å². The van der Waals surface area contributed by atoms with Crippen molar-refractivity contribution in [2.75, 3.05) is 13.7 Å². The Bertz CT molecular complexity index is 445. The molecule has 19 heavy (non-hydrogen) atoms. The number of rotatable bonds is 5.